The first-order valence-corrected chi connectivity index (χ1v) is 10.8. The number of nitrogens with zero attached hydrogens (tertiary/aromatic N) is 5. The molecule has 6 nitrogen and oxygen atoms in total. The summed E-state index contributed by atoms with van der Waals surface area (Å²) in [6, 6.07) is 10.8. The molecule has 4 rings (SSSR count). The highest BCUT2D eigenvalue weighted by atomic mass is 19.1. The lowest BCUT2D eigenvalue weighted by molar-refractivity contribution is 0.380. The summed E-state index contributed by atoms with van der Waals surface area (Å²) in [6.45, 7) is 8.31. The Bertz CT molecular complexity index is 835. The lowest BCUT2D eigenvalue weighted by Crippen LogP contribution is -2.51. The van der Waals surface area contributed by atoms with Gasteiger partial charge in [0.1, 0.15) is 11.6 Å². The van der Waals surface area contributed by atoms with Gasteiger partial charge in [0.05, 0.1) is 6.54 Å². The third kappa shape index (κ3) is 5.01. The largest absolute Gasteiger partial charge is 0.370 e. The predicted octanol–water partition coefficient (Wildman–Crippen LogP) is 3.09. The maximum atomic E-state index is 13.1. The van der Waals surface area contributed by atoms with E-state index in [4.69, 9.17) is 5.73 Å². The molecule has 1 aromatic heterocycles. The van der Waals surface area contributed by atoms with Crippen molar-refractivity contribution < 1.29 is 4.39 Å². The Balaban J connectivity index is 1.27. The van der Waals surface area contributed by atoms with Gasteiger partial charge >= 0.3 is 0 Å². The highest BCUT2D eigenvalue weighted by Crippen LogP contribution is 2.21. The topological polar surface area (TPSA) is 61.0 Å². The Labute approximate surface area is 178 Å². The zero-order chi connectivity index (χ0) is 20.9. The standard InChI is InChI=1S/C23H31FN6/c1-18-8-10-29(11-9-18)22-7-2-19(16-26-22)17-27-23(25)30-14-12-28(13-15-30)21-5-3-20(24)4-6-21/h2-7,16,18H,8-15,17H2,1H3,(H2,25,27). The molecule has 0 amide bonds. The van der Waals surface area contributed by atoms with Crippen molar-refractivity contribution in [3.63, 3.8) is 0 Å². The minimum atomic E-state index is -0.207. The van der Waals surface area contributed by atoms with Crippen molar-refractivity contribution in [2.75, 3.05) is 49.1 Å². The molecular weight excluding hydrogens is 379 g/mol. The van der Waals surface area contributed by atoms with Crippen LogP contribution in [0.25, 0.3) is 0 Å². The van der Waals surface area contributed by atoms with Crippen LogP contribution in [0.2, 0.25) is 0 Å². The molecule has 0 bridgehead atoms. The molecule has 0 atom stereocenters. The summed E-state index contributed by atoms with van der Waals surface area (Å²) in [5, 5.41) is 0. The van der Waals surface area contributed by atoms with Crippen molar-refractivity contribution in [1.82, 2.24) is 9.88 Å². The molecular formula is C23H31FN6. The second-order valence-corrected chi connectivity index (χ2v) is 8.32. The molecule has 0 unspecified atom stereocenters. The van der Waals surface area contributed by atoms with Crippen molar-refractivity contribution in [3.8, 4) is 0 Å². The smallest absolute Gasteiger partial charge is 0.191 e. The molecule has 0 aliphatic carbocycles. The monoisotopic (exact) mass is 410 g/mol. The lowest BCUT2D eigenvalue weighted by atomic mass is 9.99. The van der Waals surface area contributed by atoms with Crippen LogP contribution in [0, 0.1) is 11.7 Å². The highest BCUT2D eigenvalue weighted by Gasteiger charge is 2.19. The number of piperazine rings is 1. The van der Waals surface area contributed by atoms with Gasteiger partial charge in [0.2, 0.25) is 0 Å². The van der Waals surface area contributed by atoms with Crippen LogP contribution in [0.1, 0.15) is 25.3 Å². The van der Waals surface area contributed by atoms with Crippen LogP contribution in [0.4, 0.5) is 15.9 Å². The number of halogens is 1. The zero-order valence-corrected chi connectivity index (χ0v) is 17.7. The van der Waals surface area contributed by atoms with Gasteiger partial charge in [-0.25, -0.2) is 14.4 Å². The molecule has 2 aliphatic heterocycles. The third-order valence-electron chi connectivity index (χ3n) is 6.14. The van der Waals surface area contributed by atoms with E-state index in [0.29, 0.717) is 12.5 Å². The van der Waals surface area contributed by atoms with E-state index in [2.05, 4.69) is 43.7 Å². The van der Waals surface area contributed by atoms with Gasteiger partial charge in [0, 0.05) is 51.2 Å². The van der Waals surface area contributed by atoms with Crippen LogP contribution in [-0.4, -0.2) is 55.1 Å². The van der Waals surface area contributed by atoms with E-state index < -0.39 is 0 Å². The van der Waals surface area contributed by atoms with Crippen molar-refractivity contribution in [3.05, 3.63) is 54.0 Å². The molecule has 2 N–H and O–H groups in total. The Morgan fingerprint density at radius 2 is 1.70 bits per heavy atom. The normalized spacial score (nSPS) is 18.7. The molecule has 1 aromatic carbocycles. The van der Waals surface area contributed by atoms with E-state index in [-0.39, 0.29) is 5.82 Å². The lowest BCUT2D eigenvalue weighted by Gasteiger charge is -2.36. The number of hydrogen-bond acceptors (Lipinski definition) is 4. The molecule has 0 radical (unpaired) electrons. The van der Waals surface area contributed by atoms with E-state index in [0.717, 1.165) is 62.3 Å². The fourth-order valence-electron chi connectivity index (χ4n) is 4.05. The Kier molecular flexibility index (Phi) is 6.35. The number of anilines is 2. The maximum absolute atomic E-state index is 13.1. The van der Waals surface area contributed by atoms with E-state index in [1.165, 1.54) is 25.0 Å². The molecule has 30 heavy (non-hydrogen) atoms. The van der Waals surface area contributed by atoms with Crippen LogP contribution in [-0.2, 0) is 6.54 Å². The molecule has 2 saturated heterocycles. The molecule has 160 valence electrons. The van der Waals surface area contributed by atoms with Gasteiger partial charge in [-0.1, -0.05) is 13.0 Å². The number of guanidine groups is 1. The highest BCUT2D eigenvalue weighted by molar-refractivity contribution is 5.78. The summed E-state index contributed by atoms with van der Waals surface area (Å²) in [6.07, 6.45) is 4.38. The Morgan fingerprint density at radius 1 is 1.00 bits per heavy atom. The van der Waals surface area contributed by atoms with E-state index >= 15 is 0 Å². The van der Waals surface area contributed by atoms with Crippen molar-refractivity contribution >= 4 is 17.5 Å². The fourth-order valence-corrected chi connectivity index (χ4v) is 4.05. The fraction of sp³-hybridized carbons (Fsp3) is 0.478. The number of aromatic nitrogens is 1. The number of hydrogen-bond donors (Lipinski definition) is 1. The van der Waals surface area contributed by atoms with Gasteiger partial charge < -0.3 is 20.4 Å². The summed E-state index contributed by atoms with van der Waals surface area (Å²) < 4.78 is 13.1. The molecule has 2 aromatic rings. The molecule has 3 heterocycles. The molecule has 0 saturated carbocycles. The molecule has 0 spiro atoms. The van der Waals surface area contributed by atoms with Crippen LogP contribution in [0.3, 0.4) is 0 Å². The summed E-state index contributed by atoms with van der Waals surface area (Å²) in [7, 11) is 0. The van der Waals surface area contributed by atoms with Crippen LogP contribution >= 0.6 is 0 Å². The van der Waals surface area contributed by atoms with Crippen LogP contribution < -0.4 is 15.5 Å². The minimum Gasteiger partial charge on any atom is -0.370 e. The Morgan fingerprint density at radius 3 is 2.33 bits per heavy atom. The third-order valence-corrected chi connectivity index (χ3v) is 6.14. The van der Waals surface area contributed by atoms with E-state index in [1.807, 2.05) is 18.3 Å². The van der Waals surface area contributed by atoms with Gasteiger partial charge in [-0.2, -0.15) is 0 Å². The molecule has 2 aliphatic rings. The average molecular weight is 411 g/mol. The van der Waals surface area contributed by atoms with Crippen molar-refractivity contribution in [2.24, 2.45) is 16.6 Å². The quantitative estimate of drug-likeness (QED) is 0.620. The molecule has 2 fully saturated rings. The second-order valence-electron chi connectivity index (χ2n) is 8.32. The minimum absolute atomic E-state index is 0.207. The number of piperidine rings is 1. The summed E-state index contributed by atoms with van der Waals surface area (Å²) >= 11 is 0. The van der Waals surface area contributed by atoms with Gasteiger partial charge in [0.25, 0.3) is 0 Å². The van der Waals surface area contributed by atoms with Gasteiger partial charge in [-0.3, -0.25) is 0 Å². The van der Waals surface area contributed by atoms with Gasteiger partial charge in [-0.15, -0.1) is 0 Å². The van der Waals surface area contributed by atoms with Crippen LogP contribution in [0.5, 0.6) is 0 Å². The zero-order valence-electron chi connectivity index (χ0n) is 17.7. The second kappa shape index (κ2) is 9.32. The van der Waals surface area contributed by atoms with Gasteiger partial charge in [-0.05, 0) is 54.7 Å². The van der Waals surface area contributed by atoms with Crippen molar-refractivity contribution in [2.45, 2.75) is 26.3 Å². The van der Waals surface area contributed by atoms with Crippen LogP contribution in [0.15, 0.2) is 47.6 Å². The number of pyridine rings is 1. The molecule has 7 heteroatoms. The van der Waals surface area contributed by atoms with Gasteiger partial charge in [0.15, 0.2) is 5.96 Å². The number of nitrogens with two attached hydrogens (primary N) is 1. The number of benzene rings is 1. The first-order valence-electron chi connectivity index (χ1n) is 10.8. The van der Waals surface area contributed by atoms with E-state index in [9.17, 15) is 4.39 Å². The summed E-state index contributed by atoms with van der Waals surface area (Å²) in [4.78, 5) is 15.9. The summed E-state index contributed by atoms with van der Waals surface area (Å²) in [5.74, 6) is 2.24. The SMILES string of the molecule is CC1CCN(c2ccc(CN=C(N)N3CCN(c4ccc(F)cc4)CC3)cn2)CC1. The maximum Gasteiger partial charge on any atom is 0.191 e. The predicted molar refractivity (Wildman–Crippen MR) is 120 cm³/mol. The number of rotatable bonds is 4. The average Bonchev–Trinajstić information content (AvgIpc) is 2.79. The van der Waals surface area contributed by atoms with Crippen molar-refractivity contribution in [1.29, 1.82) is 0 Å². The summed E-state index contributed by atoms with van der Waals surface area (Å²) in [5.41, 5.74) is 8.35. The Hall–Kier alpha value is -2.83. The first-order chi connectivity index (χ1) is 14.6. The first kappa shape index (κ1) is 20.4. The van der Waals surface area contributed by atoms with E-state index in [1.54, 1.807) is 0 Å². The number of aliphatic imine (C=N–C) groups is 1.